The van der Waals surface area contributed by atoms with Crippen LogP contribution < -0.4 is 10.1 Å². The van der Waals surface area contributed by atoms with Crippen LogP contribution in [0.15, 0.2) is 53.0 Å². The second-order valence-electron chi connectivity index (χ2n) is 7.93. The highest BCUT2D eigenvalue weighted by molar-refractivity contribution is 9.10. The molecule has 0 saturated carbocycles. The molecule has 0 radical (unpaired) electrons. The van der Waals surface area contributed by atoms with Gasteiger partial charge in [-0.25, -0.2) is 0 Å². The monoisotopic (exact) mass is 472 g/mol. The van der Waals surface area contributed by atoms with E-state index >= 15 is 0 Å². The van der Waals surface area contributed by atoms with Crippen molar-refractivity contribution >= 4 is 33.6 Å². The van der Waals surface area contributed by atoms with Crippen molar-refractivity contribution in [3.63, 3.8) is 0 Å². The minimum absolute atomic E-state index is 0.153. The van der Waals surface area contributed by atoms with Crippen LogP contribution in [0.5, 0.6) is 5.75 Å². The minimum Gasteiger partial charge on any atom is -0.496 e. The molecule has 30 heavy (non-hydrogen) atoms. The first-order chi connectivity index (χ1) is 14.3. The number of carbonyl (C=O) groups excluding carboxylic acids is 1. The van der Waals surface area contributed by atoms with E-state index in [1.54, 1.807) is 19.3 Å². The van der Waals surface area contributed by atoms with Gasteiger partial charge in [-0.1, -0.05) is 28.1 Å². The Kier molecular flexibility index (Phi) is 9.60. The molecule has 0 bridgehead atoms. The van der Waals surface area contributed by atoms with Crippen LogP contribution >= 0.6 is 15.9 Å². The summed E-state index contributed by atoms with van der Waals surface area (Å²) in [5, 5.41) is 2.95. The second kappa shape index (κ2) is 11.9. The van der Waals surface area contributed by atoms with E-state index in [9.17, 15) is 4.79 Å². The Bertz CT molecular complexity index is 837. The minimum atomic E-state index is -0.153. The molecular formula is C25H33BrN2O2. The second-order valence-corrected chi connectivity index (χ2v) is 8.85. The number of anilines is 1. The van der Waals surface area contributed by atoms with Gasteiger partial charge < -0.3 is 10.1 Å². The average molecular weight is 473 g/mol. The van der Waals surface area contributed by atoms with Crippen molar-refractivity contribution in [2.24, 2.45) is 0 Å². The molecule has 0 aliphatic carbocycles. The van der Waals surface area contributed by atoms with E-state index in [2.05, 4.69) is 53.8 Å². The molecule has 1 N–H and O–H groups in total. The number of aryl methyl sites for hydroxylation is 1. The molecule has 0 aromatic heterocycles. The lowest BCUT2D eigenvalue weighted by atomic mass is 10.1. The highest BCUT2D eigenvalue weighted by atomic mass is 79.9. The highest BCUT2D eigenvalue weighted by Gasteiger charge is 2.13. The number of amides is 1. The van der Waals surface area contributed by atoms with Gasteiger partial charge in [0.15, 0.2) is 0 Å². The molecule has 0 saturated heterocycles. The van der Waals surface area contributed by atoms with Gasteiger partial charge in [0.25, 0.3) is 0 Å². The molecule has 0 unspecified atom stereocenters. The van der Waals surface area contributed by atoms with Crippen LogP contribution in [0, 0.1) is 0 Å². The number of rotatable bonds is 10. The zero-order valence-electron chi connectivity index (χ0n) is 18.6. The summed E-state index contributed by atoms with van der Waals surface area (Å²) < 4.78 is 6.54. The maximum Gasteiger partial charge on any atom is 0.248 e. The fourth-order valence-electron chi connectivity index (χ4n) is 3.55. The summed E-state index contributed by atoms with van der Waals surface area (Å²) in [5.41, 5.74) is 2.86. The molecule has 0 atom stereocenters. The quantitative estimate of drug-likeness (QED) is 0.420. The fourth-order valence-corrected chi connectivity index (χ4v) is 3.81. The predicted molar refractivity (Wildman–Crippen MR) is 130 cm³/mol. The maximum atomic E-state index is 12.3. The summed E-state index contributed by atoms with van der Waals surface area (Å²) in [7, 11) is 1.69. The number of halogens is 1. The van der Waals surface area contributed by atoms with Crippen LogP contribution in [0.2, 0.25) is 0 Å². The molecular weight excluding hydrogens is 440 g/mol. The van der Waals surface area contributed by atoms with Gasteiger partial charge >= 0.3 is 0 Å². The lowest BCUT2D eigenvalue weighted by Crippen LogP contribution is -2.37. The highest BCUT2D eigenvalue weighted by Crippen LogP contribution is 2.24. The normalized spacial score (nSPS) is 11.6. The molecule has 2 aromatic rings. The zero-order chi connectivity index (χ0) is 22.1. The summed E-state index contributed by atoms with van der Waals surface area (Å²) in [6.45, 7) is 9.97. The van der Waals surface area contributed by atoms with Crippen LogP contribution in [0.4, 0.5) is 5.69 Å². The van der Waals surface area contributed by atoms with Crippen LogP contribution in [-0.2, 0) is 11.2 Å². The molecule has 4 nitrogen and oxygen atoms in total. The molecule has 2 aromatic carbocycles. The van der Waals surface area contributed by atoms with Gasteiger partial charge in [-0.3, -0.25) is 9.69 Å². The van der Waals surface area contributed by atoms with Crippen molar-refractivity contribution < 1.29 is 9.53 Å². The van der Waals surface area contributed by atoms with Crippen molar-refractivity contribution in [1.82, 2.24) is 4.90 Å². The largest absolute Gasteiger partial charge is 0.496 e. The number of nitrogens with zero attached hydrogens (tertiary/aromatic N) is 1. The first-order valence-corrected chi connectivity index (χ1v) is 11.3. The standard InChI is InChI=1S/C25H33BrN2O2/c1-18(2)28(19(3)4)16-6-7-21-17-23(13-14-24(21)30-5)27-25(29)15-10-20-8-11-22(26)12-9-20/h8-15,17-19H,6-7,16H2,1-5H3,(H,27,29). The van der Waals surface area contributed by atoms with Crippen LogP contribution in [0.1, 0.15) is 45.2 Å². The Hall–Kier alpha value is -2.11. The summed E-state index contributed by atoms with van der Waals surface area (Å²) >= 11 is 3.41. The third-order valence-electron chi connectivity index (χ3n) is 5.03. The molecule has 0 aliphatic rings. The van der Waals surface area contributed by atoms with E-state index in [1.165, 1.54) is 0 Å². The van der Waals surface area contributed by atoms with E-state index in [0.717, 1.165) is 46.4 Å². The Morgan fingerprint density at radius 3 is 2.37 bits per heavy atom. The van der Waals surface area contributed by atoms with Gasteiger partial charge in [-0.05, 0) is 94.6 Å². The number of carbonyl (C=O) groups is 1. The molecule has 0 spiro atoms. The van der Waals surface area contributed by atoms with Crippen LogP contribution in [0.3, 0.4) is 0 Å². The summed E-state index contributed by atoms with van der Waals surface area (Å²) in [4.78, 5) is 14.8. The van der Waals surface area contributed by atoms with Gasteiger partial charge in [0.05, 0.1) is 7.11 Å². The number of ether oxygens (including phenoxy) is 1. The average Bonchev–Trinajstić information content (AvgIpc) is 2.70. The summed E-state index contributed by atoms with van der Waals surface area (Å²) in [6.07, 6.45) is 5.29. The van der Waals surface area contributed by atoms with Crippen molar-refractivity contribution in [1.29, 1.82) is 0 Å². The van der Waals surface area contributed by atoms with Crippen LogP contribution in [0.25, 0.3) is 6.08 Å². The third kappa shape index (κ3) is 7.62. The van der Waals surface area contributed by atoms with Gasteiger partial charge in [0, 0.05) is 28.3 Å². The van der Waals surface area contributed by atoms with E-state index in [4.69, 9.17) is 4.74 Å². The van der Waals surface area contributed by atoms with Gasteiger partial charge in [-0.2, -0.15) is 0 Å². The van der Waals surface area contributed by atoms with E-state index in [0.29, 0.717) is 12.1 Å². The maximum absolute atomic E-state index is 12.3. The molecule has 162 valence electrons. The molecule has 2 rings (SSSR count). The summed E-state index contributed by atoms with van der Waals surface area (Å²) in [6, 6.07) is 14.7. The summed E-state index contributed by atoms with van der Waals surface area (Å²) in [5.74, 6) is 0.707. The predicted octanol–water partition coefficient (Wildman–Crippen LogP) is 6.16. The van der Waals surface area contributed by atoms with Gasteiger partial charge in [0.2, 0.25) is 5.91 Å². The lowest BCUT2D eigenvalue weighted by molar-refractivity contribution is -0.111. The number of nitrogens with one attached hydrogen (secondary N) is 1. The number of hydrogen-bond donors (Lipinski definition) is 1. The van der Waals surface area contributed by atoms with Crippen molar-refractivity contribution in [3.05, 3.63) is 64.1 Å². The fraction of sp³-hybridized carbons (Fsp3) is 0.400. The van der Waals surface area contributed by atoms with Crippen molar-refractivity contribution in [2.45, 2.75) is 52.6 Å². The Morgan fingerprint density at radius 1 is 1.10 bits per heavy atom. The molecule has 0 aliphatic heterocycles. The smallest absolute Gasteiger partial charge is 0.248 e. The lowest BCUT2D eigenvalue weighted by Gasteiger charge is -2.30. The third-order valence-corrected chi connectivity index (χ3v) is 5.56. The number of benzene rings is 2. The Labute approximate surface area is 189 Å². The Balaban J connectivity index is 2.00. The van der Waals surface area contributed by atoms with Crippen LogP contribution in [-0.4, -0.2) is 36.5 Å². The molecule has 5 heteroatoms. The van der Waals surface area contributed by atoms with E-state index in [1.807, 2.05) is 42.5 Å². The zero-order valence-corrected chi connectivity index (χ0v) is 20.2. The first-order valence-electron chi connectivity index (χ1n) is 10.5. The van der Waals surface area contributed by atoms with E-state index < -0.39 is 0 Å². The SMILES string of the molecule is COc1ccc(NC(=O)C=Cc2ccc(Br)cc2)cc1CCCN(C(C)C)C(C)C. The van der Waals surface area contributed by atoms with E-state index in [-0.39, 0.29) is 5.91 Å². The Morgan fingerprint density at radius 2 is 1.77 bits per heavy atom. The first kappa shape index (κ1) is 24.2. The molecule has 0 fully saturated rings. The molecule has 1 amide bonds. The van der Waals surface area contributed by atoms with Gasteiger partial charge in [-0.15, -0.1) is 0 Å². The van der Waals surface area contributed by atoms with Crippen molar-refractivity contribution in [3.8, 4) is 5.75 Å². The van der Waals surface area contributed by atoms with Gasteiger partial charge in [0.1, 0.15) is 5.75 Å². The number of methoxy groups -OCH3 is 1. The number of hydrogen-bond acceptors (Lipinski definition) is 3. The topological polar surface area (TPSA) is 41.6 Å². The van der Waals surface area contributed by atoms with Crippen molar-refractivity contribution in [2.75, 3.05) is 19.0 Å². The molecule has 0 heterocycles.